The molecule has 4 nitrogen and oxygen atoms in total. The van der Waals surface area contributed by atoms with Crippen LogP contribution in [0.1, 0.15) is 36.0 Å². The van der Waals surface area contributed by atoms with Gasteiger partial charge in [0.1, 0.15) is 5.75 Å². The summed E-state index contributed by atoms with van der Waals surface area (Å²) in [5.41, 5.74) is 6.33. The van der Waals surface area contributed by atoms with E-state index in [0.717, 1.165) is 25.7 Å². The molecule has 1 aromatic rings. The van der Waals surface area contributed by atoms with Crippen LogP contribution in [0.25, 0.3) is 0 Å². The molecular formula is C15H20F2N2O2. The van der Waals surface area contributed by atoms with Crippen LogP contribution in [0.15, 0.2) is 24.3 Å². The second-order valence-electron chi connectivity index (χ2n) is 5.32. The quantitative estimate of drug-likeness (QED) is 0.878. The average Bonchev–Trinajstić information content (AvgIpc) is 2.45. The first-order valence-electron chi connectivity index (χ1n) is 7.15. The Morgan fingerprint density at radius 3 is 2.86 bits per heavy atom. The molecule has 1 saturated carbocycles. The summed E-state index contributed by atoms with van der Waals surface area (Å²) in [6, 6.07) is 5.89. The van der Waals surface area contributed by atoms with Gasteiger partial charge in [0.25, 0.3) is 5.91 Å². The number of halogens is 2. The van der Waals surface area contributed by atoms with Crippen molar-refractivity contribution in [1.29, 1.82) is 0 Å². The van der Waals surface area contributed by atoms with Crippen LogP contribution >= 0.6 is 0 Å². The molecule has 0 bridgehead atoms. The van der Waals surface area contributed by atoms with Gasteiger partial charge in [0.2, 0.25) is 0 Å². The topological polar surface area (TPSA) is 64.3 Å². The lowest BCUT2D eigenvalue weighted by atomic mass is 9.85. The molecule has 0 radical (unpaired) electrons. The summed E-state index contributed by atoms with van der Waals surface area (Å²) in [6.07, 6.45) is 4.26. The molecule has 1 fully saturated rings. The van der Waals surface area contributed by atoms with E-state index in [4.69, 9.17) is 5.73 Å². The summed E-state index contributed by atoms with van der Waals surface area (Å²) >= 11 is 0. The van der Waals surface area contributed by atoms with E-state index in [1.54, 1.807) is 6.07 Å². The van der Waals surface area contributed by atoms with E-state index >= 15 is 0 Å². The van der Waals surface area contributed by atoms with E-state index in [2.05, 4.69) is 10.1 Å². The van der Waals surface area contributed by atoms with Gasteiger partial charge in [0.05, 0.1) is 0 Å². The highest BCUT2D eigenvalue weighted by molar-refractivity contribution is 5.94. The fourth-order valence-corrected chi connectivity index (χ4v) is 2.63. The maximum absolute atomic E-state index is 12.2. The van der Waals surface area contributed by atoms with Crippen LogP contribution in [0.3, 0.4) is 0 Å². The third kappa shape index (κ3) is 4.67. The third-order valence-electron chi connectivity index (χ3n) is 3.81. The van der Waals surface area contributed by atoms with Gasteiger partial charge in [-0.3, -0.25) is 4.79 Å². The Hall–Kier alpha value is -1.69. The highest BCUT2D eigenvalue weighted by Crippen LogP contribution is 2.22. The summed E-state index contributed by atoms with van der Waals surface area (Å²) in [5.74, 6) is -0.0392. The number of hydrogen-bond donors (Lipinski definition) is 2. The van der Waals surface area contributed by atoms with E-state index in [9.17, 15) is 13.6 Å². The maximum atomic E-state index is 12.2. The molecule has 0 saturated heterocycles. The molecule has 2 atom stereocenters. The van der Waals surface area contributed by atoms with Gasteiger partial charge in [-0.15, -0.1) is 0 Å². The summed E-state index contributed by atoms with van der Waals surface area (Å²) in [4.78, 5) is 12.0. The van der Waals surface area contributed by atoms with Crippen LogP contribution in [-0.4, -0.2) is 25.1 Å². The van der Waals surface area contributed by atoms with E-state index in [1.165, 1.54) is 18.2 Å². The molecular weight excluding hydrogens is 278 g/mol. The Labute approximate surface area is 122 Å². The van der Waals surface area contributed by atoms with Crippen molar-refractivity contribution in [2.75, 3.05) is 6.54 Å². The first-order chi connectivity index (χ1) is 10.1. The molecule has 21 heavy (non-hydrogen) atoms. The molecule has 0 aliphatic heterocycles. The van der Waals surface area contributed by atoms with Crippen molar-refractivity contribution in [3.8, 4) is 5.75 Å². The number of nitrogens with two attached hydrogens (primary N) is 1. The van der Waals surface area contributed by atoms with Crippen molar-refractivity contribution < 1.29 is 18.3 Å². The molecule has 2 rings (SSSR count). The minimum Gasteiger partial charge on any atom is -0.435 e. The van der Waals surface area contributed by atoms with Crippen molar-refractivity contribution in [2.45, 2.75) is 38.3 Å². The number of nitrogens with one attached hydrogen (secondary N) is 1. The molecule has 0 aromatic heterocycles. The number of hydrogen-bond acceptors (Lipinski definition) is 3. The summed E-state index contributed by atoms with van der Waals surface area (Å²) in [5, 5.41) is 2.82. The summed E-state index contributed by atoms with van der Waals surface area (Å²) < 4.78 is 28.6. The van der Waals surface area contributed by atoms with Crippen molar-refractivity contribution in [1.82, 2.24) is 5.32 Å². The summed E-state index contributed by atoms with van der Waals surface area (Å²) in [6.45, 7) is -2.39. The molecule has 1 aromatic carbocycles. The predicted octanol–water partition coefficient (Wildman–Crippen LogP) is 2.54. The molecule has 1 amide bonds. The van der Waals surface area contributed by atoms with Gasteiger partial charge in [-0.05, 0) is 37.0 Å². The normalized spacial score (nSPS) is 22.1. The number of carbonyl (C=O) groups excluding carboxylic acids is 1. The van der Waals surface area contributed by atoms with Crippen LogP contribution < -0.4 is 15.8 Å². The molecule has 1 aliphatic carbocycles. The lowest BCUT2D eigenvalue weighted by molar-refractivity contribution is -0.0498. The van der Waals surface area contributed by atoms with Gasteiger partial charge >= 0.3 is 6.61 Å². The number of rotatable bonds is 5. The fourth-order valence-electron chi connectivity index (χ4n) is 2.63. The number of amides is 1. The lowest BCUT2D eigenvalue weighted by Crippen LogP contribution is -2.41. The molecule has 0 spiro atoms. The molecule has 116 valence electrons. The fraction of sp³-hybridized carbons (Fsp3) is 0.533. The zero-order valence-electron chi connectivity index (χ0n) is 11.7. The van der Waals surface area contributed by atoms with E-state index in [1.807, 2.05) is 0 Å². The highest BCUT2D eigenvalue weighted by Gasteiger charge is 2.22. The zero-order chi connectivity index (χ0) is 15.2. The van der Waals surface area contributed by atoms with E-state index in [0.29, 0.717) is 12.1 Å². The van der Waals surface area contributed by atoms with Gasteiger partial charge in [0, 0.05) is 18.2 Å². The van der Waals surface area contributed by atoms with Gasteiger partial charge < -0.3 is 15.8 Å². The smallest absolute Gasteiger partial charge is 0.387 e. The molecule has 0 heterocycles. The molecule has 2 unspecified atom stereocenters. The Kier molecular flexibility index (Phi) is 5.50. The van der Waals surface area contributed by atoms with Gasteiger partial charge in [-0.25, -0.2) is 0 Å². The second kappa shape index (κ2) is 7.36. The Bertz CT molecular complexity index is 482. The maximum Gasteiger partial charge on any atom is 0.387 e. The monoisotopic (exact) mass is 298 g/mol. The van der Waals surface area contributed by atoms with Crippen LogP contribution in [0.4, 0.5) is 8.78 Å². The van der Waals surface area contributed by atoms with Gasteiger partial charge in [0.15, 0.2) is 0 Å². The third-order valence-corrected chi connectivity index (χ3v) is 3.81. The largest absolute Gasteiger partial charge is 0.435 e. The average molecular weight is 298 g/mol. The predicted molar refractivity (Wildman–Crippen MR) is 75.3 cm³/mol. The first-order valence-corrected chi connectivity index (χ1v) is 7.15. The molecule has 6 heteroatoms. The van der Waals surface area contributed by atoms with Crippen molar-refractivity contribution in [3.05, 3.63) is 29.8 Å². The Morgan fingerprint density at radius 1 is 1.38 bits per heavy atom. The molecule has 3 N–H and O–H groups in total. The summed E-state index contributed by atoms with van der Waals surface area (Å²) in [7, 11) is 0. The lowest BCUT2D eigenvalue weighted by Gasteiger charge is -2.28. The number of benzene rings is 1. The van der Waals surface area contributed by atoms with E-state index in [-0.39, 0.29) is 23.6 Å². The highest BCUT2D eigenvalue weighted by atomic mass is 19.3. The van der Waals surface area contributed by atoms with Crippen LogP contribution in [-0.2, 0) is 0 Å². The van der Waals surface area contributed by atoms with E-state index < -0.39 is 6.61 Å². The van der Waals surface area contributed by atoms with Crippen molar-refractivity contribution in [2.24, 2.45) is 11.7 Å². The van der Waals surface area contributed by atoms with Crippen LogP contribution in [0.5, 0.6) is 5.75 Å². The minimum absolute atomic E-state index is 0.0213. The minimum atomic E-state index is -2.90. The van der Waals surface area contributed by atoms with Crippen molar-refractivity contribution in [3.63, 3.8) is 0 Å². The molecule has 1 aliphatic rings. The van der Waals surface area contributed by atoms with Crippen LogP contribution in [0, 0.1) is 5.92 Å². The zero-order valence-corrected chi connectivity index (χ0v) is 11.7. The standard InChI is InChI=1S/C15H20F2N2O2/c16-15(17)21-12-6-3-5-10(8-12)14(20)19-9-11-4-1-2-7-13(11)18/h3,5-6,8,11,13,15H,1-2,4,7,9,18H2,(H,19,20). The number of carbonyl (C=O) groups is 1. The SMILES string of the molecule is NC1CCCCC1CNC(=O)c1cccc(OC(F)F)c1. The number of ether oxygens (including phenoxy) is 1. The van der Waals surface area contributed by atoms with Gasteiger partial charge in [-0.1, -0.05) is 18.9 Å². The van der Waals surface area contributed by atoms with Gasteiger partial charge in [-0.2, -0.15) is 8.78 Å². The van der Waals surface area contributed by atoms with Crippen molar-refractivity contribution >= 4 is 5.91 Å². The van der Waals surface area contributed by atoms with Crippen LogP contribution in [0.2, 0.25) is 0 Å². The first kappa shape index (κ1) is 15.7. The Morgan fingerprint density at radius 2 is 2.14 bits per heavy atom. The number of alkyl halides is 2. The Balaban J connectivity index is 1.90. The second-order valence-corrected chi connectivity index (χ2v) is 5.32.